The number of rotatable bonds is 7. The minimum atomic E-state index is 0. The van der Waals surface area contributed by atoms with Gasteiger partial charge in [0, 0.05) is 6.42 Å². The number of benzene rings is 2. The molecule has 0 spiro atoms. The van der Waals surface area contributed by atoms with Crippen molar-refractivity contribution in [2.75, 3.05) is 18.4 Å². The van der Waals surface area contributed by atoms with Crippen LogP contribution in [-0.4, -0.2) is 19.0 Å². The predicted octanol–water partition coefficient (Wildman–Crippen LogP) is 4.32. The Labute approximate surface area is 161 Å². The van der Waals surface area contributed by atoms with Crippen LogP contribution in [0.3, 0.4) is 0 Å². The van der Waals surface area contributed by atoms with Gasteiger partial charge in [0.1, 0.15) is 12.4 Å². The molecule has 1 aliphatic rings. The molecule has 2 N–H and O–H groups in total. The van der Waals surface area contributed by atoms with Crippen molar-refractivity contribution in [3.8, 4) is 5.75 Å². The highest BCUT2D eigenvalue weighted by molar-refractivity contribution is 5.92. The van der Waals surface area contributed by atoms with Gasteiger partial charge in [0.2, 0.25) is 5.91 Å². The van der Waals surface area contributed by atoms with E-state index in [1.807, 2.05) is 55.5 Å². The van der Waals surface area contributed by atoms with Gasteiger partial charge in [-0.2, -0.15) is 0 Å². The first-order valence-electron chi connectivity index (χ1n) is 8.98. The molecule has 2 aromatic carbocycles. The lowest BCUT2D eigenvalue weighted by molar-refractivity contribution is -0.116. The van der Waals surface area contributed by atoms with E-state index in [4.69, 9.17) is 4.74 Å². The standard InChI is InChI=1S/C21H26N2O2.ClH/c1-16-7-9-19(23-21(24)10-8-17-11-12-22-14-17)20(13-16)25-15-18-5-3-2-4-6-18;/h2-7,9,13,17,22H,8,10-12,14-15H2,1H3,(H,23,24);1H. The van der Waals surface area contributed by atoms with Gasteiger partial charge in [-0.1, -0.05) is 36.4 Å². The zero-order valence-corrected chi connectivity index (χ0v) is 16.0. The first kappa shape index (κ1) is 20.3. The number of nitrogens with one attached hydrogen (secondary N) is 2. The van der Waals surface area contributed by atoms with Crippen molar-refractivity contribution in [1.82, 2.24) is 5.32 Å². The van der Waals surface area contributed by atoms with Gasteiger partial charge in [-0.3, -0.25) is 4.79 Å². The van der Waals surface area contributed by atoms with Crippen molar-refractivity contribution in [3.63, 3.8) is 0 Å². The largest absolute Gasteiger partial charge is 0.487 e. The summed E-state index contributed by atoms with van der Waals surface area (Å²) in [4.78, 5) is 12.3. The van der Waals surface area contributed by atoms with Crippen LogP contribution in [0.15, 0.2) is 48.5 Å². The van der Waals surface area contributed by atoms with E-state index in [1.165, 1.54) is 6.42 Å². The monoisotopic (exact) mass is 374 g/mol. The maximum absolute atomic E-state index is 12.3. The fourth-order valence-electron chi connectivity index (χ4n) is 3.10. The van der Waals surface area contributed by atoms with Gasteiger partial charge < -0.3 is 15.4 Å². The van der Waals surface area contributed by atoms with Crippen LogP contribution >= 0.6 is 12.4 Å². The highest BCUT2D eigenvalue weighted by Gasteiger charge is 2.16. The van der Waals surface area contributed by atoms with Crippen molar-refractivity contribution in [1.29, 1.82) is 0 Å². The number of aryl methyl sites for hydroxylation is 1. The Hall–Kier alpha value is -2.04. The molecule has 1 aliphatic heterocycles. The number of anilines is 1. The Kier molecular flexibility index (Phi) is 7.95. The molecule has 4 nitrogen and oxygen atoms in total. The summed E-state index contributed by atoms with van der Waals surface area (Å²) in [5.41, 5.74) is 2.96. The second-order valence-corrected chi connectivity index (χ2v) is 6.72. The summed E-state index contributed by atoms with van der Waals surface area (Å²) in [5, 5.41) is 6.36. The molecule has 1 amide bonds. The molecule has 1 saturated heterocycles. The minimum absolute atomic E-state index is 0. The van der Waals surface area contributed by atoms with E-state index < -0.39 is 0 Å². The third-order valence-electron chi connectivity index (χ3n) is 4.59. The number of carbonyl (C=O) groups excluding carboxylic acids is 1. The Morgan fingerprint density at radius 3 is 2.77 bits per heavy atom. The molecule has 1 heterocycles. The second-order valence-electron chi connectivity index (χ2n) is 6.72. The zero-order valence-electron chi connectivity index (χ0n) is 15.2. The maximum Gasteiger partial charge on any atom is 0.224 e. The molecule has 5 heteroatoms. The molecule has 140 valence electrons. The quantitative estimate of drug-likeness (QED) is 0.758. The van der Waals surface area contributed by atoms with Crippen molar-refractivity contribution < 1.29 is 9.53 Å². The van der Waals surface area contributed by atoms with Gasteiger partial charge >= 0.3 is 0 Å². The summed E-state index contributed by atoms with van der Waals surface area (Å²) in [6.07, 6.45) is 2.66. The summed E-state index contributed by atoms with van der Waals surface area (Å²) in [6.45, 7) is 4.61. The average molecular weight is 375 g/mol. The molecule has 3 rings (SSSR count). The predicted molar refractivity (Wildman–Crippen MR) is 108 cm³/mol. The first-order chi connectivity index (χ1) is 12.2. The lowest BCUT2D eigenvalue weighted by Crippen LogP contribution is -2.15. The third-order valence-corrected chi connectivity index (χ3v) is 4.59. The number of carbonyl (C=O) groups is 1. The van der Waals surface area contributed by atoms with Gasteiger partial charge in [0.15, 0.2) is 0 Å². The highest BCUT2D eigenvalue weighted by atomic mass is 35.5. The molecule has 0 aromatic heterocycles. The fraction of sp³-hybridized carbons (Fsp3) is 0.381. The van der Waals surface area contributed by atoms with Crippen LogP contribution in [0.5, 0.6) is 5.75 Å². The molecule has 0 saturated carbocycles. The maximum atomic E-state index is 12.3. The molecular weight excluding hydrogens is 348 g/mol. The molecule has 1 fully saturated rings. The molecule has 0 radical (unpaired) electrons. The lowest BCUT2D eigenvalue weighted by Gasteiger charge is -2.14. The lowest BCUT2D eigenvalue weighted by atomic mass is 10.0. The van der Waals surface area contributed by atoms with E-state index in [0.717, 1.165) is 42.1 Å². The van der Waals surface area contributed by atoms with Crippen molar-refractivity contribution >= 4 is 24.0 Å². The van der Waals surface area contributed by atoms with Gasteiger partial charge in [-0.05, 0) is 62.0 Å². The van der Waals surface area contributed by atoms with Gasteiger partial charge in [-0.15, -0.1) is 12.4 Å². The van der Waals surface area contributed by atoms with Crippen LogP contribution in [0.25, 0.3) is 0 Å². The van der Waals surface area contributed by atoms with Gasteiger partial charge in [-0.25, -0.2) is 0 Å². The topological polar surface area (TPSA) is 50.4 Å². The van der Waals surface area contributed by atoms with Gasteiger partial charge in [0.05, 0.1) is 5.69 Å². The average Bonchev–Trinajstić information content (AvgIpc) is 3.15. The van der Waals surface area contributed by atoms with Crippen LogP contribution in [0.1, 0.15) is 30.4 Å². The Balaban J connectivity index is 0.00000243. The molecular formula is C21H27ClN2O2. The van der Waals surface area contributed by atoms with E-state index >= 15 is 0 Å². The Morgan fingerprint density at radius 2 is 2.04 bits per heavy atom. The Bertz CT molecular complexity index is 700. The van der Waals surface area contributed by atoms with Crippen molar-refractivity contribution in [2.45, 2.75) is 32.8 Å². The SMILES string of the molecule is Cc1ccc(NC(=O)CCC2CCNC2)c(OCc2ccccc2)c1.Cl. The summed E-state index contributed by atoms with van der Waals surface area (Å²) in [6, 6.07) is 15.9. The minimum Gasteiger partial charge on any atom is -0.487 e. The number of halogens is 1. The van der Waals surface area contributed by atoms with E-state index in [1.54, 1.807) is 0 Å². The smallest absolute Gasteiger partial charge is 0.224 e. The number of hydrogen-bond acceptors (Lipinski definition) is 3. The van der Waals surface area contributed by atoms with Crippen LogP contribution in [0, 0.1) is 12.8 Å². The van der Waals surface area contributed by atoms with Crippen LogP contribution in [0.2, 0.25) is 0 Å². The second kappa shape index (κ2) is 10.2. The first-order valence-corrected chi connectivity index (χ1v) is 8.98. The van der Waals surface area contributed by atoms with E-state index in [0.29, 0.717) is 18.9 Å². The Morgan fingerprint density at radius 1 is 1.23 bits per heavy atom. The highest BCUT2D eigenvalue weighted by Crippen LogP contribution is 2.27. The van der Waals surface area contributed by atoms with Crippen LogP contribution < -0.4 is 15.4 Å². The van der Waals surface area contributed by atoms with E-state index in [9.17, 15) is 4.79 Å². The van der Waals surface area contributed by atoms with Crippen LogP contribution in [-0.2, 0) is 11.4 Å². The fourth-order valence-corrected chi connectivity index (χ4v) is 3.10. The number of ether oxygens (including phenoxy) is 1. The van der Waals surface area contributed by atoms with E-state index in [2.05, 4.69) is 10.6 Å². The normalized spacial score (nSPS) is 16.0. The summed E-state index contributed by atoms with van der Waals surface area (Å²) in [5.74, 6) is 1.40. The molecule has 2 aromatic rings. The summed E-state index contributed by atoms with van der Waals surface area (Å²) >= 11 is 0. The number of hydrogen-bond donors (Lipinski definition) is 2. The molecule has 0 aliphatic carbocycles. The zero-order chi connectivity index (χ0) is 17.5. The third kappa shape index (κ3) is 6.04. The summed E-state index contributed by atoms with van der Waals surface area (Å²) in [7, 11) is 0. The van der Waals surface area contributed by atoms with Crippen molar-refractivity contribution in [3.05, 3.63) is 59.7 Å². The molecule has 1 atom stereocenters. The molecule has 1 unspecified atom stereocenters. The molecule has 26 heavy (non-hydrogen) atoms. The van der Waals surface area contributed by atoms with Crippen LogP contribution in [0.4, 0.5) is 5.69 Å². The van der Waals surface area contributed by atoms with E-state index in [-0.39, 0.29) is 18.3 Å². The number of amides is 1. The van der Waals surface area contributed by atoms with Gasteiger partial charge in [0.25, 0.3) is 0 Å². The molecule has 0 bridgehead atoms. The summed E-state index contributed by atoms with van der Waals surface area (Å²) < 4.78 is 5.96. The van der Waals surface area contributed by atoms with Crippen molar-refractivity contribution in [2.24, 2.45) is 5.92 Å².